The van der Waals surface area contributed by atoms with Gasteiger partial charge >= 0.3 is 0 Å². The Kier molecular flexibility index (Phi) is 5.71. The minimum Gasteiger partial charge on any atom is -0.306 e. The van der Waals surface area contributed by atoms with Gasteiger partial charge in [-0.1, -0.05) is 38.7 Å². The molecule has 1 heterocycles. The van der Waals surface area contributed by atoms with E-state index in [0.29, 0.717) is 12.1 Å². The van der Waals surface area contributed by atoms with Gasteiger partial charge in [0.05, 0.1) is 0 Å². The molecule has 1 aliphatic rings. The van der Waals surface area contributed by atoms with Gasteiger partial charge in [0, 0.05) is 17.0 Å². The summed E-state index contributed by atoms with van der Waals surface area (Å²) >= 11 is 1.89. The van der Waals surface area contributed by atoms with E-state index in [1.165, 1.54) is 49.8 Å². The summed E-state index contributed by atoms with van der Waals surface area (Å²) in [5.74, 6) is 0.890. The van der Waals surface area contributed by atoms with Crippen molar-refractivity contribution in [3.63, 3.8) is 0 Å². The molecule has 2 heteroatoms. The Morgan fingerprint density at radius 1 is 1.28 bits per heavy atom. The summed E-state index contributed by atoms with van der Waals surface area (Å²) in [6.07, 6.45) is 9.82. The van der Waals surface area contributed by atoms with E-state index in [4.69, 9.17) is 0 Å². The van der Waals surface area contributed by atoms with Gasteiger partial charge < -0.3 is 5.32 Å². The van der Waals surface area contributed by atoms with E-state index < -0.39 is 0 Å². The molecule has 0 aliphatic heterocycles. The van der Waals surface area contributed by atoms with Crippen LogP contribution in [0.1, 0.15) is 69.7 Å². The van der Waals surface area contributed by atoms with Crippen LogP contribution in [0.15, 0.2) is 17.5 Å². The number of rotatable bonds is 5. The largest absolute Gasteiger partial charge is 0.306 e. The van der Waals surface area contributed by atoms with Crippen molar-refractivity contribution in [2.75, 3.05) is 0 Å². The second kappa shape index (κ2) is 7.30. The molecule has 0 spiro atoms. The second-order valence-corrected chi connectivity index (χ2v) is 6.66. The van der Waals surface area contributed by atoms with E-state index in [9.17, 15) is 0 Å². The Labute approximate surface area is 116 Å². The molecule has 1 unspecified atom stereocenters. The van der Waals surface area contributed by atoms with Crippen LogP contribution in [0.5, 0.6) is 0 Å². The van der Waals surface area contributed by atoms with Crippen LogP contribution in [-0.4, -0.2) is 6.04 Å². The van der Waals surface area contributed by atoms with Crippen molar-refractivity contribution in [2.24, 2.45) is 5.92 Å². The Morgan fingerprint density at radius 3 is 2.56 bits per heavy atom. The number of hydrogen-bond acceptors (Lipinski definition) is 2. The van der Waals surface area contributed by atoms with E-state index in [-0.39, 0.29) is 0 Å². The monoisotopic (exact) mass is 265 g/mol. The average molecular weight is 265 g/mol. The van der Waals surface area contributed by atoms with Crippen molar-refractivity contribution >= 4 is 11.3 Å². The fraction of sp³-hybridized carbons (Fsp3) is 0.750. The van der Waals surface area contributed by atoms with Gasteiger partial charge in [0.2, 0.25) is 0 Å². The molecule has 1 aromatic heterocycles. The molecule has 0 amide bonds. The van der Waals surface area contributed by atoms with Gasteiger partial charge in [0.1, 0.15) is 0 Å². The molecule has 102 valence electrons. The molecule has 2 atom stereocenters. The van der Waals surface area contributed by atoms with E-state index in [2.05, 4.69) is 36.7 Å². The SMILES string of the molecule is CCC(N[C@H](C)C1CCCCCC1)c1cccs1. The van der Waals surface area contributed by atoms with E-state index in [1.807, 2.05) is 11.3 Å². The van der Waals surface area contributed by atoms with Crippen molar-refractivity contribution in [3.05, 3.63) is 22.4 Å². The fourth-order valence-electron chi connectivity index (χ4n) is 3.16. The molecule has 2 rings (SSSR count). The van der Waals surface area contributed by atoms with Crippen LogP contribution in [0.3, 0.4) is 0 Å². The van der Waals surface area contributed by atoms with Crippen molar-refractivity contribution < 1.29 is 0 Å². The van der Waals surface area contributed by atoms with Gasteiger partial charge in [-0.05, 0) is 43.6 Å². The molecule has 1 nitrogen and oxygen atoms in total. The van der Waals surface area contributed by atoms with Crippen LogP contribution in [0.25, 0.3) is 0 Å². The first kappa shape index (κ1) is 14.1. The first-order chi connectivity index (χ1) is 8.81. The molecule has 1 fully saturated rings. The molecule has 0 aromatic carbocycles. The molecule has 0 bridgehead atoms. The first-order valence-corrected chi connectivity index (χ1v) is 8.48. The first-order valence-electron chi connectivity index (χ1n) is 7.60. The highest BCUT2D eigenvalue weighted by Crippen LogP contribution is 2.28. The lowest BCUT2D eigenvalue weighted by molar-refractivity contribution is 0.308. The van der Waals surface area contributed by atoms with E-state index in [0.717, 1.165) is 5.92 Å². The summed E-state index contributed by atoms with van der Waals surface area (Å²) in [5, 5.41) is 6.07. The predicted octanol–water partition coefficient (Wildman–Crippen LogP) is 5.15. The lowest BCUT2D eigenvalue weighted by Gasteiger charge is -2.28. The molecular weight excluding hydrogens is 238 g/mol. The number of nitrogens with one attached hydrogen (secondary N) is 1. The quantitative estimate of drug-likeness (QED) is 0.726. The number of hydrogen-bond donors (Lipinski definition) is 1. The minimum absolute atomic E-state index is 0.559. The third-order valence-corrected chi connectivity index (χ3v) is 5.35. The zero-order valence-corrected chi connectivity index (χ0v) is 12.6. The van der Waals surface area contributed by atoms with Gasteiger partial charge in [-0.3, -0.25) is 0 Å². The molecule has 1 aromatic rings. The minimum atomic E-state index is 0.559. The van der Waals surface area contributed by atoms with Gasteiger partial charge in [-0.2, -0.15) is 0 Å². The molecular formula is C16H27NS. The van der Waals surface area contributed by atoms with Crippen LogP contribution >= 0.6 is 11.3 Å². The molecule has 0 saturated heterocycles. The van der Waals surface area contributed by atoms with Crippen molar-refractivity contribution in [1.82, 2.24) is 5.32 Å². The van der Waals surface area contributed by atoms with Gasteiger partial charge in [0.15, 0.2) is 0 Å². The van der Waals surface area contributed by atoms with Crippen molar-refractivity contribution in [1.29, 1.82) is 0 Å². The van der Waals surface area contributed by atoms with E-state index in [1.54, 1.807) is 0 Å². The Balaban J connectivity index is 1.90. The lowest BCUT2D eigenvalue weighted by atomic mass is 9.92. The van der Waals surface area contributed by atoms with Crippen LogP contribution in [0.2, 0.25) is 0 Å². The lowest BCUT2D eigenvalue weighted by Crippen LogP contribution is -2.35. The molecule has 0 radical (unpaired) electrons. The predicted molar refractivity (Wildman–Crippen MR) is 81.1 cm³/mol. The van der Waals surface area contributed by atoms with Gasteiger partial charge in [0.25, 0.3) is 0 Å². The highest BCUT2D eigenvalue weighted by Gasteiger charge is 2.21. The third kappa shape index (κ3) is 3.83. The standard InChI is InChI=1S/C16H27NS/c1-3-15(16-11-8-12-18-16)17-13(2)14-9-6-4-5-7-10-14/h8,11-15,17H,3-7,9-10H2,1-2H3/t13-,15?/m1/s1. The highest BCUT2D eigenvalue weighted by atomic mass is 32.1. The van der Waals surface area contributed by atoms with Crippen molar-refractivity contribution in [3.8, 4) is 0 Å². The fourth-order valence-corrected chi connectivity index (χ4v) is 4.03. The van der Waals surface area contributed by atoms with Crippen LogP contribution in [0.4, 0.5) is 0 Å². The Hall–Kier alpha value is -0.340. The summed E-state index contributed by atoms with van der Waals surface area (Å²) in [6, 6.07) is 5.66. The van der Waals surface area contributed by atoms with Crippen molar-refractivity contribution in [2.45, 2.75) is 70.9 Å². The summed E-state index contributed by atoms with van der Waals surface area (Å²) in [7, 11) is 0. The summed E-state index contributed by atoms with van der Waals surface area (Å²) in [6.45, 7) is 4.68. The number of thiophene rings is 1. The van der Waals surface area contributed by atoms with Crippen LogP contribution in [0, 0.1) is 5.92 Å². The summed E-state index contributed by atoms with van der Waals surface area (Å²) in [5.41, 5.74) is 0. The maximum Gasteiger partial charge on any atom is 0.0414 e. The van der Waals surface area contributed by atoms with Gasteiger partial charge in [-0.25, -0.2) is 0 Å². The third-order valence-electron chi connectivity index (χ3n) is 4.37. The zero-order chi connectivity index (χ0) is 12.8. The molecule has 18 heavy (non-hydrogen) atoms. The van der Waals surface area contributed by atoms with Gasteiger partial charge in [-0.15, -0.1) is 11.3 Å². The normalized spacial score (nSPS) is 21.4. The molecule has 1 N–H and O–H groups in total. The van der Waals surface area contributed by atoms with Crippen LogP contribution < -0.4 is 5.32 Å². The smallest absolute Gasteiger partial charge is 0.0414 e. The Morgan fingerprint density at radius 2 is 2.00 bits per heavy atom. The summed E-state index contributed by atoms with van der Waals surface area (Å²) < 4.78 is 0. The molecule has 1 saturated carbocycles. The van der Waals surface area contributed by atoms with E-state index >= 15 is 0 Å². The summed E-state index contributed by atoms with van der Waals surface area (Å²) in [4.78, 5) is 1.50. The van der Waals surface area contributed by atoms with Crippen LogP contribution in [-0.2, 0) is 0 Å². The Bertz CT molecular complexity index is 312. The molecule has 1 aliphatic carbocycles. The zero-order valence-electron chi connectivity index (χ0n) is 11.8. The second-order valence-electron chi connectivity index (χ2n) is 5.68. The topological polar surface area (TPSA) is 12.0 Å². The maximum atomic E-state index is 3.88. The highest BCUT2D eigenvalue weighted by molar-refractivity contribution is 7.10. The average Bonchev–Trinajstić information content (AvgIpc) is 2.77. The maximum absolute atomic E-state index is 3.88.